The molecule has 1 heterocycles. The van der Waals surface area contributed by atoms with Crippen molar-refractivity contribution in [2.24, 2.45) is 5.92 Å². The van der Waals surface area contributed by atoms with E-state index in [0.29, 0.717) is 5.92 Å². The summed E-state index contributed by atoms with van der Waals surface area (Å²) in [7, 11) is 0. The lowest BCUT2D eigenvalue weighted by Crippen LogP contribution is -2.50. The third-order valence-electron chi connectivity index (χ3n) is 4.15. The number of nitrogens with one attached hydrogen (secondary N) is 1. The average molecular weight is 369 g/mol. The van der Waals surface area contributed by atoms with Crippen molar-refractivity contribution in [3.8, 4) is 6.07 Å². The Morgan fingerprint density at radius 2 is 2.24 bits per heavy atom. The molecule has 1 aromatic heterocycles. The Bertz CT molecular complexity index is 695. The number of carboxylic acid groups (broad SMARTS) is 1. The zero-order valence-corrected chi connectivity index (χ0v) is 15.3. The van der Waals surface area contributed by atoms with Crippen LogP contribution in [-0.2, 0) is 0 Å². The summed E-state index contributed by atoms with van der Waals surface area (Å²) in [5, 5.41) is 21.3. The molecule has 0 spiro atoms. The summed E-state index contributed by atoms with van der Waals surface area (Å²) >= 11 is 5.89. The summed E-state index contributed by atoms with van der Waals surface area (Å²) in [6.45, 7) is 5.64. The minimum absolute atomic E-state index is 0.0367. The Morgan fingerprint density at radius 1 is 1.60 bits per heavy atom. The first kappa shape index (κ1) is 19.3. The molecule has 0 bridgehead atoms. The number of nitrogens with zero attached hydrogens (tertiary/aromatic N) is 3. The highest BCUT2D eigenvalue weighted by Gasteiger charge is 2.32. The maximum Gasteiger partial charge on any atom is 0.407 e. The fraction of sp³-hybridized carbons (Fsp3) is 0.588. The lowest BCUT2D eigenvalue weighted by Gasteiger charge is -2.36. The minimum Gasteiger partial charge on any atom is -0.465 e. The molecular formula is C17H22ClFN4O2. The van der Waals surface area contributed by atoms with Gasteiger partial charge in [-0.15, -0.1) is 0 Å². The number of anilines is 1. The van der Waals surface area contributed by atoms with Crippen LogP contribution in [0.3, 0.4) is 0 Å². The van der Waals surface area contributed by atoms with Crippen LogP contribution in [0.15, 0.2) is 6.07 Å². The van der Waals surface area contributed by atoms with Gasteiger partial charge in [0, 0.05) is 18.1 Å². The van der Waals surface area contributed by atoms with Gasteiger partial charge >= 0.3 is 6.09 Å². The van der Waals surface area contributed by atoms with Gasteiger partial charge in [0.15, 0.2) is 11.6 Å². The zero-order valence-electron chi connectivity index (χ0n) is 14.5. The van der Waals surface area contributed by atoms with E-state index in [4.69, 9.17) is 16.9 Å². The SMILES string of the molecule is CC(C)(C)N(C[C@@H](CC1CC1)Nc1nc(Cl)c(C#N)cc1F)C(=O)O. The Morgan fingerprint density at radius 3 is 2.72 bits per heavy atom. The molecule has 0 aliphatic heterocycles. The highest BCUT2D eigenvalue weighted by Crippen LogP contribution is 2.35. The van der Waals surface area contributed by atoms with Gasteiger partial charge in [-0.3, -0.25) is 0 Å². The van der Waals surface area contributed by atoms with Gasteiger partial charge in [-0.1, -0.05) is 24.4 Å². The van der Waals surface area contributed by atoms with Crippen LogP contribution in [-0.4, -0.2) is 39.2 Å². The topological polar surface area (TPSA) is 89.3 Å². The van der Waals surface area contributed by atoms with Crippen molar-refractivity contribution >= 4 is 23.5 Å². The fourth-order valence-electron chi connectivity index (χ4n) is 2.63. The average Bonchev–Trinajstić information content (AvgIpc) is 3.30. The van der Waals surface area contributed by atoms with E-state index in [2.05, 4.69) is 10.3 Å². The zero-order chi connectivity index (χ0) is 18.8. The van der Waals surface area contributed by atoms with Crippen LogP contribution < -0.4 is 5.32 Å². The van der Waals surface area contributed by atoms with Crippen molar-refractivity contribution in [1.29, 1.82) is 5.26 Å². The van der Waals surface area contributed by atoms with E-state index in [-0.39, 0.29) is 29.1 Å². The molecule has 1 amide bonds. The van der Waals surface area contributed by atoms with Gasteiger partial charge < -0.3 is 15.3 Å². The molecule has 0 saturated heterocycles. The molecule has 6 nitrogen and oxygen atoms in total. The summed E-state index contributed by atoms with van der Waals surface area (Å²) in [5.74, 6) is -0.238. The number of pyridine rings is 1. The smallest absolute Gasteiger partial charge is 0.407 e. The molecule has 0 aromatic carbocycles. The number of hydrogen-bond acceptors (Lipinski definition) is 4. The van der Waals surface area contributed by atoms with Crippen LogP contribution in [0.4, 0.5) is 15.0 Å². The van der Waals surface area contributed by atoms with Crippen LogP contribution in [0.2, 0.25) is 5.15 Å². The van der Waals surface area contributed by atoms with Crippen LogP contribution >= 0.6 is 11.6 Å². The number of hydrogen-bond donors (Lipinski definition) is 2. The van der Waals surface area contributed by atoms with E-state index in [1.54, 1.807) is 6.07 Å². The molecular weight excluding hydrogens is 347 g/mol. The highest BCUT2D eigenvalue weighted by molar-refractivity contribution is 6.30. The summed E-state index contributed by atoms with van der Waals surface area (Å²) in [6.07, 6.45) is 1.87. The van der Waals surface area contributed by atoms with Crippen LogP contribution in [0.25, 0.3) is 0 Å². The standard InChI is InChI=1S/C17H22ClFN4O2/c1-17(2,3)23(16(24)25)9-12(6-10-4-5-10)21-15-13(19)7-11(8-20)14(18)22-15/h7,10,12H,4-6,9H2,1-3H3,(H,21,22)(H,24,25)/t12-/m1/s1. The quantitative estimate of drug-likeness (QED) is 0.737. The van der Waals surface area contributed by atoms with E-state index in [1.807, 2.05) is 20.8 Å². The minimum atomic E-state index is -1.03. The normalized spacial score (nSPS) is 15.4. The summed E-state index contributed by atoms with van der Waals surface area (Å²) < 4.78 is 14.2. The monoisotopic (exact) mass is 368 g/mol. The van der Waals surface area contributed by atoms with Crippen molar-refractivity contribution < 1.29 is 14.3 Å². The molecule has 1 fully saturated rings. The van der Waals surface area contributed by atoms with Crippen molar-refractivity contribution in [3.05, 3.63) is 22.6 Å². The van der Waals surface area contributed by atoms with E-state index in [1.165, 1.54) is 4.90 Å². The predicted molar refractivity (Wildman–Crippen MR) is 93.2 cm³/mol. The number of amides is 1. The van der Waals surface area contributed by atoms with Gasteiger partial charge in [-0.05, 0) is 39.2 Å². The van der Waals surface area contributed by atoms with Gasteiger partial charge in [-0.25, -0.2) is 14.2 Å². The van der Waals surface area contributed by atoms with Crippen LogP contribution in [0.1, 0.15) is 45.6 Å². The number of carbonyl (C=O) groups is 1. The Hall–Kier alpha value is -2.07. The second kappa shape index (κ2) is 7.44. The largest absolute Gasteiger partial charge is 0.465 e. The highest BCUT2D eigenvalue weighted by atomic mass is 35.5. The third kappa shape index (κ3) is 5.20. The molecule has 0 radical (unpaired) electrons. The van der Waals surface area contributed by atoms with E-state index in [0.717, 1.165) is 25.3 Å². The Labute approximate surface area is 151 Å². The van der Waals surface area contributed by atoms with Gasteiger partial charge in [0.2, 0.25) is 0 Å². The first-order chi connectivity index (χ1) is 11.6. The van der Waals surface area contributed by atoms with Crippen molar-refractivity contribution in [2.75, 3.05) is 11.9 Å². The number of rotatable bonds is 6. The van der Waals surface area contributed by atoms with Crippen LogP contribution in [0.5, 0.6) is 0 Å². The third-order valence-corrected chi connectivity index (χ3v) is 4.44. The Kier molecular flexibility index (Phi) is 5.73. The molecule has 0 unspecified atom stereocenters. The molecule has 1 saturated carbocycles. The molecule has 8 heteroatoms. The van der Waals surface area contributed by atoms with E-state index < -0.39 is 17.4 Å². The summed E-state index contributed by atoms with van der Waals surface area (Å²) in [5.41, 5.74) is -0.617. The van der Waals surface area contributed by atoms with Gasteiger partial charge in [0.1, 0.15) is 11.2 Å². The first-order valence-electron chi connectivity index (χ1n) is 8.15. The maximum atomic E-state index is 14.2. The van der Waals surface area contributed by atoms with Crippen LogP contribution in [0, 0.1) is 23.1 Å². The van der Waals surface area contributed by atoms with Gasteiger partial charge in [0.05, 0.1) is 5.56 Å². The predicted octanol–water partition coefficient (Wildman–Crippen LogP) is 4.10. The molecule has 1 aliphatic rings. The summed E-state index contributed by atoms with van der Waals surface area (Å²) in [6, 6.07) is 2.51. The fourth-order valence-corrected chi connectivity index (χ4v) is 2.82. The van der Waals surface area contributed by atoms with Crippen molar-refractivity contribution in [1.82, 2.24) is 9.88 Å². The van der Waals surface area contributed by atoms with E-state index in [9.17, 15) is 14.3 Å². The molecule has 2 N–H and O–H groups in total. The van der Waals surface area contributed by atoms with Crippen molar-refractivity contribution in [3.63, 3.8) is 0 Å². The van der Waals surface area contributed by atoms with Gasteiger partial charge in [0.25, 0.3) is 0 Å². The molecule has 1 aromatic rings. The number of halogens is 2. The number of aromatic nitrogens is 1. The molecule has 1 aliphatic carbocycles. The van der Waals surface area contributed by atoms with Gasteiger partial charge in [-0.2, -0.15) is 5.26 Å². The molecule has 2 rings (SSSR count). The van der Waals surface area contributed by atoms with E-state index >= 15 is 0 Å². The molecule has 25 heavy (non-hydrogen) atoms. The second-order valence-electron chi connectivity index (χ2n) is 7.35. The molecule has 1 atom stereocenters. The Balaban J connectivity index is 2.22. The van der Waals surface area contributed by atoms with Crippen molar-refractivity contribution in [2.45, 2.75) is 51.6 Å². The summed E-state index contributed by atoms with van der Waals surface area (Å²) in [4.78, 5) is 16.8. The lowest BCUT2D eigenvalue weighted by molar-refractivity contribution is 0.0963. The number of nitriles is 1. The maximum absolute atomic E-state index is 14.2. The lowest BCUT2D eigenvalue weighted by atomic mass is 10.0. The molecule has 136 valence electrons. The first-order valence-corrected chi connectivity index (χ1v) is 8.53. The second-order valence-corrected chi connectivity index (χ2v) is 7.71.